The predicted molar refractivity (Wildman–Crippen MR) is 465 cm³/mol. The summed E-state index contributed by atoms with van der Waals surface area (Å²) >= 11 is 6.65. The van der Waals surface area contributed by atoms with E-state index in [4.69, 9.17) is 55.7 Å². The van der Waals surface area contributed by atoms with Crippen molar-refractivity contribution in [2.45, 2.75) is 222 Å². The van der Waals surface area contributed by atoms with E-state index >= 15 is 0 Å². The van der Waals surface area contributed by atoms with E-state index in [0.29, 0.717) is 89.1 Å². The molecule has 0 aromatic carbocycles. The molecule has 0 unspecified atom stereocenters. The number of hydrogen-bond donors (Lipinski definition) is 0. The summed E-state index contributed by atoms with van der Waals surface area (Å²) in [7, 11) is 3.41. The van der Waals surface area contributed by atoms with E-state index in [9.17, 15) is 24.0 Å². The Labute approximate surface area is 723 Å². The second-order valence-corrected chi connectivity index (χ2v) is 32.4. The Morgan fingerprint density at radius 2 is 0.943 bits per heavy atom. The van der Waals surface area contributed by atoms with Crippen molar-refractivity contribution < 1.29 is 74.9 Å². The molecule has 34 nitrogen and oxygen atoms in total. The van der Waals surface area contributed by atoms with Crippen LogP contribution in [0.4, 0.5) is 21.0 Å². The van der Waals surface area contributed by atoms with Gasteiger partial charge in [0.25, 0.3) is 0 Å². The van der Waals surface area contributed by atoms with Gasteiger partial charge >= 0.3 is 36.9 Å². The Hall–Kier alpha value is -10.4. The average Bonchev–Trinajstić information content (AvgIpc) is 1.57. The first kappa shape index (κ1) is 90.8. The molecule has 4 saturated heterocycles. The molecule has 37 heteroatoms. The first-order valence-electron chi connectivity index (χ1n) is 41.7. The van der Waals surface area contributed by atoms with Gasteiger partial charge in [-0.2, -0.15) is 30.5 Å². The number of ether oxygens (including phenoxy) is 7. The number of nitrogens with zero attached hydrogens (tertiary/aromatic N) is 17. The van der Waals surface area contributed by atoms with E-state index in [1.807, 2.05) is 111 Å². The van der Waals surface area contributed by atoms with E-state index in [1.165, 1.54) is 9.80 Å². The summed E-state index contributed by atoms with van der Waals surface area (Å²) in [5.41, 5.74) is 7.71. The van der Waals surface area contributed by atoms with Crippen LogP contribution in [0.25, 0.3) is 77.9 Å². The summed E-state index contributed by atoms with van der Waals surface area (Å²) in [6.07, 6.45) is 29.0. The van der Waals surface area contributed by atoms with Gasteiger partial charge in [-0.15, -0.1) is 0 Å². The number of rotatable bonds is 21. The fraction of sp³-hybridized carbons (Fsp3) is 0.506. The molecule has 12 aromatic heterocycles. The van der Waals surface area contributed by atoms with E-state index in [2.05, 4.69) is 119 Å². The average molecular weight is 1810 g/mol. The van der Waals surface area contributed by atoms with Gasteiger partial charge in [0, 0.05) is 165 Å². The Morgan fingerprint density at radius 1 is 0.492 bits per heavy atom. The molecule has 4 aliphatic rings. The molecule has 0 aliphatic carbocycles. The molecule has 6 atom stereocenters. The third-order valence-electron chi connectivity index (χ3n) is 21.9. The van der Waals surface area contributed by atoms with Crippen LogP contribution in [0, 0.1) is 0 Å². The number of hydrogen-bond acceptors (Lipinski definition) is 26. The van der Waals surface area contributed by atoms with Gasteiger partial charge in [-0.25, -0.2) is 38.9 Å². The molecule has 16 heterocycles. The Kier molecular flexibility index (Phi) is 30.3. The molecule has 16 rings (SSSR count). The zero-order valence-corrected chi connectivity index (χ0v) is 75.2. The highest BCUT2D eigenvalue weighted by atomic mass is 79.9. The lowest BCUT2D eigenvalue weighted by Crippen LogP contribution is -2.46. The molecular weight excluding hydrogens is 1700 g/mol. The van der Waals surface area contributed by atoms with Gasteiger partial charge in [0.1, 0.15) is 22.6 Å². The summed E-state index contributed by atoms with van der Waals surface area (Å²) in [5, 5.41) is 23.0. The highest BCUT2D eigenvalue weighted by Crippen LogP contribution is 2.44. The molecule has 0 saturated carbocycles. The molecular formula is C85H108BBr2N17O17. The van der Waals surface area contributed by atoms with Gasteiger partial charge in [-0.1, -0.05) is 20.8 Å². The van der Waals surface area contributed by atoms with Crippen LogP contribution in [0.5, 0.6) is 0 Å². The third kappa shape index (κ3) is 20.6. The van der Waals surface area contributed by atoms with Gasteiger partial charge in [0.15, 0.2) is 5.58 Å². The van der Waals surface area contributed by atoms with Crippen molar-refractivity contribution in [2.75, 3.05) is 56.0 Å². The molecule has 0 N–H and O–H groups in total. The van der Waals surface area contributed by atoms with E-state index < -0.39 is 24.1 Å². The summed E-state index contributed by atoms with van der Waals surface area (Å²) < 4.78 is 81.0. The SMILES string of the molecule is CCOC(=O)c1oc2ncc(-c3cnn(CC)c3)cc2c1N(C(=O)OCC)[C@H]1CCO[C@@H](CC)C1.CCOC(=O)c1oc2ncc(Br)cc2c1N(C(=O)OCC)[C@H]1CCO[C@@H](CC)C1.CC[C@H]1C[C@@H](n2c(=O)nc(-c3cnn(C)c3)c3oc4ncc(-c5cnn(CC)c5)cc4c32)CCO1.CCn1cc(B2OC(C)(C)C(C)(C)O2)cn1.Cn1cc(Br)cn1. The second kappa shape index (κ2) is 40.7. The standard InChI is InChI=1S/C25H27N7O3.C25H32N4O6.C20H25BrN2O6.C11H19BN2O2.C4H5BrN2/c1-4-19-9-18(6-7-34-19)32-22-20-8-15(16-11-28-31(5-2)14-16)10-26-24(20)35-23(22)21(29-25(32)33)17-12-27-30(3)13-17;1-5-19-12-18(9-10-34-19)29(25(31)33-8-4)21-20-11-16(17-14-27-28(6-2)15-17)13-26-23(20)35-22(21)24(30)32-7-3;1-4-14-10-13(7-8-28-14)23(20(25)27-6-3)16-15-9-12(21)11-22-18(15)29-17(16)19(24)26-5-2;1-6-14-8-9(7-13-14)12-15-10(2,3)11(4,5)16-12;1-7-3-4(5)2-6-7/h8,10-14,18-19H,4-7,9H2,1-3H3;11,13-15,18-19H,5-10,12H2,1-4H3;9,11,13-14H,4-8,10H2,1-3H3;7-8H,6H2,1-5H3;2-3H,1H3/t2*18-,19-;13-,14-;;/m000../s1. The van der Waals surface area contributed by atoms with E-state index in [-0.39, 0.29) is 110 Å². The van der Waals surface area contributed by atoms with Crippen LogP contribution in [0.15, 0.2) is 126 Å². The van der Waals surface area contributed by atoms with Crippen molar-refractivity contribution in [2.24, 2.45) is 14.1 Å². The fourth-order valence-electron chi connectivity index (χ4n) is 14.9. The van der Waals surface area contributed by atoms with Crippen molar-refractivity contribution in [1.29, 1.82) is 0 Å². The number of carbonyl (C=O) groups is 4. The van der Waals surface area contributed by atoms with Gasteiger partial charge in [0.2, 0.25) is 28.7 Å². The van der Waals surface area contributed by atoms with Crippen LogP contribution in [-0.2, 0) is 76.2 Å². The number of anilines is 2. The van der Waals surface area contributed by atoms with Gasteiger partial charge in [0.05, 0.1) is 101 Å². The zero-order valence-electron chi connectivity index (χ0n) is 72.0. The van der Waals surface area contributed by atoms with Crippen LogP contribution >= 0.6 is 31.9 Å². The normalized spacial score (nSPS) is 18.6. The summed E-state index contributed by atoms with van der Waals surface area (Å²) in [6, 6.07) is 5.18. The number of furan rings is 3. The minimum atomic E-state index is -0.658. The van der Waals surface area contributed by atoms with Crippen LogP contribution in [0.1, 0.15) is 182 Å². The van der Waals surface area contributed by atoms with Crippen LogP contribution in [0.2, 0.25) is 0 Å². The van der Waals surface area contributed by atoms with Crippen molar-refractivity contribution >= 4 is 124 Å². The highest BCUT2D eigenvalue weighted by Gasteiger charge is 2.52. The second-order valence-electron chi connectivity index (χ2n) is 30.6. The Morgan fingerprint density at radius 3 is 1.39 bits per heavy atom. The maximum Gasteiger partial charge on any atom is 0.498 e. The Bertz CT molecular complexity index is 5610. The molecule has 652 valence electrons. The van der Waals surface area contributed by atoms with Crippen LogP contribution in [0.3, 0.4) is 0 Å². The molecule has 2 amide bonds. The summed E-state index contributed by atoms with van der Waals surface area (Å²) in [4.78, 5) is 86.4. The summed E-state index contributed by atoms with van der Waals surface area (Å²) in [6.45, 7) is 32.2. The van der Waals surface area contributed by atoms with Crippen molar-refractivity contribution in [3.8, 4) is 33.5 Å². The molecule has 0 spiro atoms. The third-order valence-corrected chi connectivity index (χ3v) is 22.8. The largest absolute Gasteiger partial charge is 0.498 e. The highest BCUT2D eigenvalue weighted by molar-refractivity contribution is 9.10. The number of pyridine rings is 3. The fourth-order valence-corrected chi connectivity index (χ4v) is 15.6. The topological polar surface area (TPSA) is 360 Å². The number of esters is 2. The number of halogens is 2. The number of aromatic nitrogens is 15. The minimum Gasteiger partial charge on any atom is -0.460 e. The quantitative estimate of drug-likeness (QED) is 0.0366. The maximum atomic E-state index is 13.6. The maximum absolute atomic E-state index is 13.6. The van der Waals surface area contributed by atoms with Crippen LogP contribution < -0.4 is 21.0 Å². The lowest BCUT2D eigenvalue weighted by atomic mass is 9.82. The first-order chi connectivity index (χ1) is 58.7. The lowest BCUT2D eigenvalue weighted by molar-refractivity contribution is -0.00711. The number of carbonyl (C=O) groups excluding carboxylic acids is 4. The van der Waals surface area contributed by atoms with Crippen LogP contribution in [-0.4, -0.2) is 192 Å². The summed E-state index contributed by atoms with van der Waals surface area (Å²) in [5.74, 6) is -1.43. The minimum absolute atomic E-state index is 0.00320. The zero-order chi connectivity index (χ0) is 87.3. The molecule has 4 aliphatic heterocycles. The number of amides is 2. The molecule has 4 fully saturated rings. The van der Waals surface area contributed by atoms with Crippen molar-refractivity contribution in [3.05, 3.63) is 130 Å². The first-order valence-corrected chi connectivity index (χ1v) is 43.3. The van der Waals surface area contributed by atoms with Gasteiger partial charge < -0.3 is 55.7 Å². The lowest BCUT2D eigenvalue weighted by Gasteiger charge is -2.36. The molecule has 0 bridgehead atoms. The Balaban J connectivity index is 0.000000148. The smallest absolute Gasteiger partial charge is 0.460 e. The van der Waals surface area contributed by atoms with E-state index in [0.717, 1.165) is 100 Å². The molecule has 122 heavy (non-hydrogen) atoms. The van der Waals surface area contributed by atoms with Gasteiger partial charge in [-0.05, 0) is 184 Å². The van der Waals surface area contributed by atoms with Crippen molar-refractivity contribution in [3.63, 3.8) is 0 Å². The molecule has 12 aromatic rings. The van der Waals surface area contributed by atoms with Crippen molar-refractivity contribution in [1.82, 2.24) is 73.4 Å². The molecule has 0 radical (unpaired) electrons. The number of aryl methyl sites for hydroxylation is 5. The van der Waals surface area contributed by atoms with Gasteiger partial charge in [-0.3, -0.25) is 37.8 Å². The van der Waals surface area contributed by atoms with E-state index in [1.54, 1.807) is 84.9 Å². The predicted octanol–water partition coefficient (Wildman–Crippen LogP) is 15.8. The monoisotopic (exact) mass is 1810 g/mol. The number of fused-ring (bicyclic) bond motifs is 5.